The first-order chi connectivity index (χ1) is 9.88. The molecule has 0 spiro atoms. The molecule has 0 aliphatic carbocycles. The van der Waals surface area contributed by atoms with Gasteiger partial charge in [0.15, 0.2) is 0 Å². The molecule has 1 aromatic carbocycles. The van der Waals surface area contributed by atoms with Gasteiger partial charge in [-0.2, -0.15) is 0 Å². The number of nitrogens with zero attached hydrogens (tertiary/aromatic N) is 2. The molecule has 0 unspecified atom stereocenters. The number of likely N-dealkylation sites (N-methyl/N-ethyl adjacent to an activating group) is 1. The van der Waals surface area contributed by atoms with Crippen LogP contribution in [0, 0.1) is 0 Å². The van der Waals surface area contributed by atoms with E-state index in [4.69, 9.17) is 5.73 Å². The number of nitrogen functional groups attached to an aromatic ring is 1. The quantitative estimate of drug-likeness (QED) is 0.501. The number of hydrogen-bond acceptors (Lipinski definition) is 6. The molecule has 2 rings (SSSR count). The minimum absolute atomic E-state index is 0.0527. The summed E-state index contributed by atoms with van der Waals surface area (Å²) in [6.07, 6.45) is 0. The van der Waals surface area contributed by atoms with Crippen molar-refractivity contribution in [2.24, 2.45) is 0 Å². The summed E-state index contributed by atoms with van der Waals surface area (Å²) in [7, 11) is -1.51. The lowest BCUT2D eigenvalue weighted by Crippen LogP contribution is -2.46. The third-order valence-electron chi connectivity index (χ3n) is 3.63. The highest BCUT2D eigenvalue weighted by atomic mass is 32.2. The van der Waals surface area contributed by atoms with E-state index in [1.807, 2.05) is 0 Å². The molecule has 1 aromatic rings. The van der Waals surface area contributed by atoms with Crippen molar-refractivity contribution in [1.82, 2.24) is 14.5 Å². The Balaban J connectivity index is 1.88. The second-order valence-electron chi connectivity index (χ2n) is 5.26. The van der Waals surface area contributed by atoms with Crippen molar-refractivity contribution in [2.45, 2.75) is 4.90 Å². The summed E-state index contributed by atoms with van der Waals surface area (Å²) in [6, 6.07) is 3.88. The van der Waals surface area contributed by atoms with Crippen LogP contribution in [0.4, 0.5) is 5.69 Å². The van der Waals surface area contributed by atoms with E-state index < -0.39 is 10.0 Å². The summed E-state index contributed by atoms with van der Waals surface area (Å²) in [4.78, 5) is 4.55. The van der Waals surface area contributed by atoms with Gasteiger partial charge in [0.2, 0.25) is 10.0 Å². The minimum Gasteiger partial charge on any atom is -0.506 e. The van der Waals surface area contributed by atoms with Crippen LogP contribution in [0.25, 0.3) is 0 Å². The number of nitrogens with two attached hydrogens (primary N) is 1. The zero-order valence-corrected chi connectivity index (χ0v) is 12.9. The number of sulfonamides is 1. The molecule has 0 saturated carbocycles. The number of anilines is 1. The number of rotatable bonds is 5. The van der Waals surface area contributed by atoms with Crippen molar-refractivity contribution in [1.29, 1.82) is 0 Å². The summed E-state index contributed by atoms with van der Waals surface area (Å²) in [6.45, 7) is 4.94. The zero-order valence-electron chi connectivity index (χ0n) is 12.1. The third kappa shape index (κ3) is 4.31. The highest BCUT2D eigenvalue weighted by Crippen LogP contribution is 2.22. The molecule has 1 saturated heterocycles. The molecule has 21 heavy (non-hydrogen) atoms. The van der Waals surface area contributed by atoms with Crippen LogP contribution in [0.3, 0.4) is 0 Å². The van der Waals surface area contributed by atoms with Crippen molar-refractivity contribution in [3.8, 4) is 5.75 Å². The number of piperazine rings is 1. The zero-order chi connectivity index (χ0) is 15.5. The molecule has 4 N–H and O–H groups in total. The van der Waals surface area contributed by atoms with E-state index in [1.165, 1.54) is 18.2 Å². The maximum atomic E-state index is 12.1. The fraction of sp³-hybridized carbons (Fsp3) is 0.538. The first-order valence-electron chi connectivity index (χ1n) is 6.87. The first-order valence-corrected chi connectivity index (χ1v) is 8.36. The second kappa shape index (κ2) is 6.61. The molecule has 1 fully saturated rings. The Bertz CT molecular complexity index is 583. The predicted octanol–water partition coefficient (Wildman–Crippen LogP) is -0.500. The van der Waals surface area contributed by atoms with Crippen molar-refractivity contribution in [3.63, 3.8) is 0 Å². The summed E-state index contributed by atoms with van der Waals surface area (Å²) in [5.74, 6) is -0.119. The average molecular weight is 314 g/mol. The molecular formula is C13H22N4O3S. The Labute approximate surface area is 125 Å². The maximum Gasteiger partial charge on any atom is 0.240 e. The molecule has 0 aromatic heterocycles. The monoisotopic (exact) mass is 314 g/mol. The van der Waals surface area contributed by atoms with Gasteiger partial charge in [-0.15, -0.1) is 0 Å². The van der Waals surface area contributed by atoms with Crippen molar-refractivity contribution < 1.29 is 13.5 Å². The van der Waals surface area contributed by atoms with Crippen LogP contribution in [0.2, 0.25) is 0 Å². The molecule has 1 heterocycles. The van der Waals surface area contributed by atoms with Crippen molar-refractivity contribution in [2.75, 3.05) is 52.0 Å². The summed E-state index contributed by atoms with van der Waals surface area (Å²) >= 11 is 0. The molecule has 7 nitrogen and oxygen atoms in total. The largest absolute Gasteiger partial charge is 0.506 e. The summed E-state index contributed by atoms with van der Waals surface area (Å²) < 4.78 is 26.8. The van der Waals surface area contributed by atoms with Crippen LogP contribution >= 0.6 is 0 Å². The van der Waals surface area contributed by atoms with E-state index in [0.29, 0.717) is 13.1 Å². The Hall–Kier alpha value is -1.35. The van der Waals surface area contributed by atoms with E-state index in [2.05, 4.69) is 21.6 Å². The number of hydrogen-bond donors (Lipinski definition) is 3. The van der Waals surface area contributed by atoms with Gasteiger partial charge in [-0.25, -0.2) is 13.1 Å². The Kier molecular flexibility index (Phi) is 5.04. The highest BCUT2D eigenvalue weighted by molar-refractivity contribution is 7.89. The standard InChI is InChI=1S/C13H22N4O3S/c1-16-6-8-17(9-7-16)5-4-15-21(19,20)11-2-3-13(18)12(14)10-11/h2-3,10,15,18H,4-9,14H2,1H3. The van der Waals surface area contributed by atoms with Crippen LogP contribution in [-0.2, 0) is 10.0 Å². The van der Waals surface area contributed by atoms with Crippen LogP contribution in [0.15, 0.2) is 23.1 Å². The topological polar surface area (TPSA) is 98.9 Å². The molecule has 0 bridgehead atoms. The van der Waals surface area contributed by atoms with E-state index in [9.17, 15) is 13.5 Å². The lowest BCUT2D eigenvalue weighted by molar-refractivity contribution is 0.156. The van der Waals surface area contributed by atoms with Gasteiger partial charge in [0.25, 0.3) is 0 Å². The molecule has 0 atom stereocenters. The average Bonchev–Trinajstić information content (AvgIpc) is 2.44. The highest BCUT2D eigenvalue weighted by Gasteiger charge is 2.17. The molecule has 0 radical (unpaired) electrons. The van der Waals surface area contributed by atoms with Gasteiger partial charge in [-0.05, 0) is 25.2 Å². The molecule has 0 amide bonds. The Morgan fingerprint density at radius 2 is 1.95 bits per heavy atom. The molecular weight excluding hydrogens is 292 g/mol. The van der Waals surface area contributed by atoms with E-state index in [-0.39, 0.29) is 16.3 Å². The van der Waals surface area contributed by atoms with Crippen LogP contribution in [0.1, 0.15) is 0 Å². The van der Waals surface area contributed by atoms with Crippen molar-refractivity contribution in [3.05, 3.63) is 18.2 Å². The number of benzene rings is 1. The number of aromatic hydroxyl groups is 1. The normalized spacial score (nSPS) is 18.0. The first kappa shape index (κ1) is 16.0. The van der Waals surface area contributed by atoms with Gasteiger partial charge in [0.05, 0.1) is 10.6 Å². The lowest BCUT2D eigenvalue weighted by Gasteiger charge is -2.32. The minimum atomic E-state index is -3.59. The van der Waals surface area contributed by atoms with Crippen molar-refractivity contribution >= 4 is 15.7 Å². The third-order valence-corrected chi connectivity index (χ3v) is 5.08. The van der Waals surface area contributed by atoms with E-state index in [0.717, 1.165) is 26.2 Å². The number of nitrogens with one attached hydrogen (secondary N) is 1. The van der Waals surface area contributed by atoms with Crippen LogP contribution in [0.5, 0.6) is 5.75 Å². The molecule has 8 heteroatoms. The summed E-state index contributed by atoms with van der Waals surface area (Å²) in [5.41, 5.74) is 5.57. The van der Waals surface area contributed by atoms with Gasteiger partial charge in [-0.3, -0.25) is 4.90 Å². The second-order valence-corrected chi connectivity index (χ2v) is 7.03. The maximum absolute atomic E-state index is 12.1. The van der Waals surface area contributed by atoms with E-state index >= 15 is 0 Å². The number of phenols is 1. The van der Waals surface area contributed by atoms with Gasteiger partial charge >= 0.3 is 0 Å². The Morgan fingerprint density at radius 3 is 2.57 bits per heavy atom. The lowest BCUT2D eigenvalue weighted by atomic mass is 10.3. The summed E-state index contributed by atoms with van der Waals surface area (Å²) in [5, 5.41) is 9.33. The number of phenolic OH excluding ortho intramolecular Hbond substituents is 1. The fourth-order valence-corrected chi connectivity index (χ4v) is 3.25. The fourth-order valence-electron chi connectivity index (χ4n) is 2.19. The van der Waals surface area contributed by atoms with E-state index in [1.54, 1.807) is 0 Å². The van der Waals surface area contributed by atoms with Crippen LogP contribution < -0.4 is 10.5 Å². The SMILES string of the molecule is CN1CCN(CCNS(=O)(=O)c2ccc(O)c(N)c2)CC1. The molecule has 1 aliphatic rings. The van der Waals surface area contributed by atoms with Crippen LogP contribution in [-0.4, -0.2) is 69.6 Å². The smallest absolute Gasteiger partial charge is 0.240 e. The van der Waals surface area contributed by atoms with Gasteiger partial charge in [-0.1, -0.05) is 0 Å². The predicted molar refractivity (Wildman–Crippen MR) is 81.6 cm³/mol. The Morgan fingerprint density at radius 1 is 1.29 bits per heavy atom. The molecule has 118 valence electrons. The van der Waals surface area contributed by atoms with Gasteiger partial charge in [0, 0.05) is 39.3 Å². The molecule has 1 aliphatic heterocycles. The van der Waals surface area contributed by atoms with Gasteiger partial charge in [0.1, 0.15) is 5.75 Å². The van der Waals surface area contributed by atoms with Gasteiger partial charge < -0.3 is 15.7 Å².